The summed E-state index contributed by atoms with van der Waals surface area (Å²) < 4.78 is 7.45. The second-order valence-electron chi connectivity index (χ2n) is 6.50. The molecule has 1 fully saturated rings. The number of hydrogen-bond donors (Lipinski definition) is 1. The first-order chi connectivity index (χ1) is 9.28. The molecule has 1 aromatic rings. The molecule has 0 saturated heterocycles. The zero-order valence-corrected chi connectivity index (χ0v) is 13.1. The monoisotopic (exact) mass is 279 g/mol. The molecule has 1 aliphatic rings. The van der Waals surface area contributed by atoms with Crippen LogP contribution in [0.3, 0.4) is 0 Å². The fourth-order valence-corrected chi connectivity index (χ4v) is 2.20. The zero-order chi connectivity index (χ0) is 14.9. The largest absolute Gasteiger partial charge is 0.444 e. The lowest BCUT2D eigenvalue weighted by atomic mass is 10.2. The SMILES string of the molecule is Cc1nc(C2CC2)n(CCNC(=O)OC(C)(C)C)c1C. The van der Waals surface area contributed by atoms with Crippen molar-refractivity contribution in [1.82, 2.24) is 14.9 Å². The first-order valence-electron chi connectivity index (χ1n) is 7.28. The number of alkyl carbamates (subject to hydrolysis) is 1. The average Bonchev–Trinajstić information content (AvgIpc) is 3.09. The molecule has 1 N–H and O–H groups in total. The third-order valence-corrected chi connectivity index (χ3v) is 3.43. The number of aryl methyl sites for hydroxylation is 1. The van der Waals surface area contributed by atoms with Gasteiger partial charge in [0.2, 0.25) is 0 Å². The van der Waals surface area contributed by atoms with Gasteiger partial charge in [0.15, 0.2) is 0 Å². The molecule has 0 aliphatic heterocycles. The maximum Gasteiger partial charge on any atom is 0.407 e. The van der Waals surface area contributed by atoms with Crippen molar-refractivity contribution >= 4 is 6.09 Å². The van der Waals surface area contributed by atoms with Crippen LogP contribution in [0.15, 0.2) is 0 Å². The number of rotatable bonds is 4. The number of nitrogens with one attached hydrogen (secondary N) is 1. The molecule has 1 aliphatic carbocycles. The fourth-order valence-electron chi connectivity index (χ4n) is 2.20. The van der Waals surface area contributed by atoms with E-state index in [2.05, 4.69) is 21.8 Å². The summed E-state index contributed by atoms with van der Waals surface area (Å²) in [5, 5.41) is 2.80. The molecular formula is C15H25N3O2. The van der Waals surface area contributed by atoms with Gasteiger partial charge in [0.05, 0.1) is 5.69 Å². The van der Waals surface area contributed by atoms with Crippen molar-refractivity contribution in [3.8, 4) is 0 Å². The van der Waals surface area contributed by atoms with Gasteiger partial charge in [0.1, 0.15) is 11.4 Å². The molecule has 5 heteroatoms. The van der Waals surface area contributed by atoms with Gasteiger partial charge in [-0.25, -0.2) is 9.78 Å². The molecule has 0 bridgehead atoms. The summed E-state index contributed by atoms with van der Waals surface area (Å²) in [6.07, 6.45) is 2.10. The maximum absolute atomic E-state index is 11.6. The van der Waals surface area contributed by atoms with Crippen LogP contribution in [-0.2, 0) is 11.3 Å². The molecular weight excluding hydrogens is 254 g/mol. The van der Waals surface area contributed by atoms with E-state index in [1.165, 1.54) is 24.4 Å². The topological polar surface area (TPSA) is 56.2 Å². The molecule has 0 aromatic carbocycles. The summed E-state index contributed by atoms with van der Waals surface area (Å²) in [4.78, 5) is 16.3. The molecule has 0 atom stereocenters. The highest BCUT2D eigenvalue weighted by molar-refractivity contribution is 5.67. The van der Waals surface area contributed by atoms with Gasteiger partial charge >= 0.3 is 6.09 Å². The quantitative estimate of drug-likeness (QED) is 0.922. The average molecular weight is 279 g/mol. The van der Waals surface area contributed by atoms with E-state index >= 15 is 0 Å². The van der Waals surface area contributed by atoms with Crippen LogP contribution >= 0.6 is 0 Å². The number of imidazole rings is 1. The minimum Gasteiger partial charge on any atom is -0.444 e. The van der Waals surface area contributed by atoms with Crippen LogP contribution in [0.1, 0.15) is 56.7 Å². The van der Waals surface area contributed by atoms with E-state index in [0.29, 0.717) is 12.5 Å². The summed E-state index contributed by atoms with van der Waals surface area (Å²) in [7, 11) is 0. The van der Waals surface area contributed by atoms with Crippen molar-refractivity contribution in [1.29, 1.82) is 0 Å². The number of nitrogens with zero attached hydrogens (tertiary/aromatic N) is 2. The Labute approximate surface area is 120 Å². The number of ether oxygens (including phenoxy) is 1. The molecule has 1 aromatic heterocycles. The van der Waals surface area contributed by atoms with Crippen molar-refractivity contribution in [2.45, 2.75) is 65.5 Å². The van der Waals surface area contributed by atoms with Crippen LogP contribution in [0.5, 0.6) is 0 Å². The Kier molecular flexibility index (Phi) is 4.06. The Hall–Kier alpha value is -1.52. The fraction of sp³-hybridized carbons (Fsp3) is 0.733. The van der Waals surface area contributed by atoms with Crippen LogP contribution in [0.4, 0.5) is 4.79 Å². The molecule has 0 radical (unpaired) electrons. The van der Waals surface area contributed by atoms with Gasteiger partial charge in [0.25, 0.3) is 0 Å². The van der Waals surface area contributed by atoms with Gasteiger partial charge in [0, 0.05) is 24.7 Å². The van der Waals surface area contributed by atoms with Crippen molar-refractivity contribution < 1.29 is 9.53 Å². The van der Waals surface area contributed by atoms with Gasteiger partial charge in [-0.15, -0.1) is 0 Å². The van der Waals surface area contributed by atoms with Crippen LogP contribution in [0, 0.1) is 13.8 Å². The molecule has 0 unspecified atom stereocenters. The summed E-state index contributed by atoms with van der Waals surface area (Å²) in [6, 6.07) is 0. The smallest absolute Gasteiger partial charge is 0.407 e. The van der Waals surface area contributed by atoms with Crippen molar-refractivity contribution in [2.75, 3.05) is 6.54 Å². The van der Waals surface area contributed by atoms with Crippen LogP contribution in [0.2, 0.25) is 0 Å². The normalized spacial score (nSPS) is 15.2. The molecule has 2 rings (SSSR count). The molecule has 112 valence electrons. The lowest BCUT2D eigenvalue weighted by Crippen LogP contribution is -2.34. The Morgan fingerprint density at radius 2 is 2.05 bits per heavy atom. The highest BCUT2D eigenvalue weighted by atomic mass is 16.6. The van der Waals surface area contributed by atoms with E-state index in [9.17, 15) is 4.79 Å². The van der Waals surface area contributed by atoms with Gasteiger partial charge in [-0.05, 0) is 47.5 Å². The van der Waals surface area contributed by atoms with Crippen molar-refractivity contribution in [3.05, 3.63) is 17.2 Å². The van der Waals surface area contributed by atoms with Gasteiger partial charge < -0.3 is 14.6 Å². The van der Waals surface area contributed by atoms with E-state index in [4.69, 9.17) is 4.74 Å². The predicted octanol–water partition coefficient (Wildman–Crippen LogP) is 2.90. The zero-order valence-electron chi connectivity index (χ0n) is 13.1. The second kappa shape index (κ2) is 5.46. The first kappa shape index (κ1) is 14.9. The van der Waals surface area contributed by atoms with E-state index in [1.807, 2.05) is 27.7 Å². The highest BCUT2D eigenvalue weighted by Crippen LogP contribution is 2.40. The Morgan fingerprint density at radius 1 is 1.40 bits per heavy atom. The lowest BCUT2D eigenvalue weighted by molar-refractivity contribution is 0.0526. The summed E-state index contributed by atoms with van der Waals surface area (Å²) in [5.74, 6) is 1.79. The first-order valence-corrected chi connectivity index (χ1v) is 7.28. The van der Waals surface area contributed by atoms with Crippen LogP contribution in [0.25, 0.3) is 0 Å². The number of hydrogen-bond acceptors (Lipinski definition) is 3. The number of carbonyl (C=O) groups is 1. The van der Waals surface area contributed by atoms with Crippen molar-refractivity contribution in [3.63, 3.8) is 0 Å². The number of aromatic nitrogens is 2. The lowest BCUT2D eigenvalue weighted by Gasteiger charge is -2.20. The minimum absolute atomic E-state index is 0.361. The van der Waals surface area contributed by atoms with Crippen LogP contribution < -0.4 is 5.32 Å². The Bertz CT molecular complexity index is 496. The molecule has 1 amide bonds. The van der Waals surface area contributed by atoms with Crippen LogP contribution in [-0.4, -0.2) is 27.8 Å². The number of carbonyl (C=O) groups excluding carboxylic acids is 1. The Morgan fingerprint density at radius 3 is 2.60 bits per heavy atom. The highest BCUT2D eigenvalue weighted by Gasteiger charge is 2.29. The third kappa shape index (κ3) is 3.74. The molecule has 5 nitrogen and oxygen atoms in total. The second-order valence-corrected chi connectivity index (χ2v) is 6.50. The maximum atomic E-state index is 11.6. The van der Waals surface area contributed by atoms with Gasteiger partial charge in [-0.1, -0.05) is 0 Å². The third-order valence-electron chi connectivity index (χ3n) is 3.43. The molecule has 0 spiro atoms. The summed E-state index contributed by atoms with van der Waals surface area (Å²) in [6.45, 7) is 11.0. The van der Waals surface area contributed by atoms with Gasteiger partial charge in [-0.3, -0.25) is 0 Å². The standard InChI is InChI=1S/C15H25N3O2/c1-10-11(2)18(13(17-10)12-6-7-12)9-8-16-14(19)20-15(3,4)5/h12H,6-9H2,1-5H3,(H,16,19). The van der Waals surface area contributed by atoms with E-state index in [-0.39, 0.29) is 6.09 Å². The number of amides is 1. The van der Waals surface area contributed by atoms with E-state index < -0.39 is 5.60 Å². The predicted molar refractivity (Wildman–Crippen MR) is 77.9 cm³/mol. The summed E-state index contributed by atoms with van der Waals surface area (Å²) in [5.41, 5.74) is 1.83. The van der Waals surface area contributed by atoms with Gasteiger partial charge in [-0.2, -0.15) is 0 Å². The minimum atomic E-state index is -0.454. The summed E-state index contributed by atoms with van der Waals surface area (Å²) >= 11 is 0. The molecule has 1 heterocycles. The molecule has 20 heavy (non-hydrogen) atoms. The molecule has 1 saturated carbocycles. The van der Waals surface area contributed by atoms with Crippen molar-refractivity contribution in [2.24, 2.45) is 0 Å². The van der Waals surface area contributed by atoms with E-state index in [1.54, 1.807) is 0 Å². The van der Waals surface area contributed by atoms with E-state index in [0.717, 1.165) is 12.2 Å². The Balaban J connectivity index is 1.90.